The molecule has 0 spiro atoms. The Morgan fingerprint density at radius 3 is 2.81 bits per heavy atom. The summed E-state index contributed by atoms with van der Waals surface area (Å²) in [6.45, 7) is 2.09. The van der Waals surface area contributed by atoms with Crippen LogP contribution in [0.2, 0.25) is 0 Å². The molecule has 1 saturated heterocycles. The van der Waals surface area contributed by atoms with Crippen LogP contribution < -0.4 is 15.0 Å². The van der Waals surface area contributed by atoms with Gasteiger partial charge in [-0.05, 0) is 30.2 Å². The van der Waals surface area contributed by atoms with Crippen molar-refractivity contribution in [2.45, 2.75) is 6.42 Å². The molecule has 0 atom stereocenters. The number of carbonyl (C=O) groups excluding carboxylic acids is 1. The van der Waals surface area contributed by atoms with E-state index in [9.17, 15) is 4.79 Å². The largest absolute Gasteiger partial charge is 0.496 e. The van der Waals surface area contributed by atoms with Crippen molar-refractivity contribution in [3.05, 3.63) is 54.1 Å². The first-order chi connectivity index (χ1) is 12.7. The molecule has 1 aromatic heterocycles. The number of aromatic nitrogens is 1. The first-order valence-corrected chi connectivity index (χ1v) is 9.56. The number of anilines is 1. The lowest BCUT2D eigenvalue weighted by Gasteiger charge is -2.37. The van der Waals surface area contributed by atoms with Gasteiger partial charge in [0.05, 0.1) is 23.2 Å². The molecule has 0 saturated carbocycles. The topological polar surface area (TPSA) is 54.5 Å². The third kappa shape index (κ3) is 3.37. The molecule has 0 radical (unpaired) electrons. The average Bonchev–Trinajstić information content (AvgIpc) is 3.04. The molecule has 2 aromatic carbocycles. The highest BCUT2D eigenvalue weighted by Crippen LogP contribution is 2.32. The van der Waals surface area contributed by atoms with Crippen molar-refractivity contribution in [3.63, 3.8) is 0 Å². The van der Waals surface area contributed by atoms with E-state index in [1.54, 1.807) is 18.4 Å². The van der Waals surface area contributed by atoms with E-state index in [1.807, 2.05) is 42.5 Å². The molecule has 0 unspecified atom stereocenters. The average molecular weight is 367 g/mol. The van der Waals surface area contributed by atoms with Crippen LogP contribution in [0.25, 0.3) is 10.2 Å². The second-order valence-electron chi connectivity index (χ2n) is 6.42. The maximum atomic E-state index is 12.3. The number of ether oxygens (including phenoxy) is 1. The predicted molar refractivity (Wildman–Crippen MR) is 105 cm³/mol. The van der Waals surface area contributed by atoms with Crippen LogP contribution in [0.1, 0.15) is 5.56 Å². The monoisotopic (exact) mass is 367 g/mol. The van der Waals surface area contributed by atoms with Crippen molar-refractivity contribution in [1.82, 2.24) is 10.3 Å². The number of hydrogen-bond donors (Lipinski definition) is 1. The summed E-state index contributed by atoms with van der Waals surface area (Å²) < 4.78 is 6.53. The van der Waals surface area contributed by atoms with E-state index in [-0.39, 0.29) is 11.8 Å². The van der Waals surface area contributed by atoms with Gasteiger partial charge in [-0.1, -0.05) is 41.7 Å². The smallest absolute Gasteiger partial charge is 0.226 e. The van der Waals surface area contributed by atoms with Crippen molar-refractivity contribution >= 4 is 32.6 Å². The van der Waals surface area contributed by atoms with E-state index in [4.69, 9.17) is 4.74 Å². The Bertz CT molecular complexity index is 885. The van der Waals surface area contributed by atoms with Gasteiger partial charge >= 0.3 is 0 Å². The molecule has 4 rings (SSSR count). The zero-order chi connectivity index (χ0) is 17.9. The Morgan fingerprint density at radius 1 is 1.23 bits per heavy atom. The zero-order valence-electron chi connectivity index (χ0n) is 14.6. The van der Waals surface area contributed by atoms with Crippen LogP contribution in [0.4, 0.5) is 5.13 Å². The minimum atomic E-state index is 0.0414. The van der Waals surface area contributed by atoms with E-state index in [2.05, 4.69) is 21.3 Å². The van der Waals surface area contributed by atoms with Gasteiger partial charge in [-0.2, -0.15) is 0 Å². The van der Waals surface area contributed by atoms with E-state index in [0.717, 1.165) is 41.5 Å². The number of carbonyl (C=O) groups is 1. The van der Waals surface area contributed by atoms with Gasteiger partial charge in [0.1, 0.15) is 5.75 Å². The van der Waals surface area contributed by atoms with Gasteiger partial charge < -0.3 is 15.0 Å². The highest BCUT2D eigenvalue weighted by atomic mass is 32.1. The molecule has 0 bridgehead atoms. The number of methoxy groups -OCH3 is 1. The number of thiazole rings is 1. The van der Waals surface area contributed by atoms with Crippen LogP contribution in [0.15, 0.2) is 48.5 Å². The molecule has 1 N–H and O–H groups in total. The van der Waals surface area contributed by atoms with Crippen molar-refractivity contribution in [1.29, 1.82) is 0 Å². The number of amides is 1. The summed E-state index contributed by atoms with van der Waals surface area (Å²) >= 11 is 1.68. The Balaban J connectivity index is 1.27. The van der Waals surface area contributed by atoms with Crippen LogP contribution in [0.5, 0.6) is 5.75 Å². The van der Waals surface area contributed by atoms with E-state index in [1.165, 1.54) is 4.70 Å². The summed E-state index contributed by atoms with van der Waals surface area (Å²) in [7, 11) is 1.67. The van der Waals surface area contributed by atoms with Crippen LogP contribution in [-0.4, -0.2) is 37.6 Å². The van der Waals surface area contributed by atoms with Crippen molar-refractivity contribution in [2.75, 3.05) is 31.6 Å². The fraction of sp³-hybridized carbons (Fsp3) is 0.300. The summed E-state index contributed by atoms with van der Waals surface area (Å²) in [5.41, 5.74) is 2.14. The van der Waals surface area contributed by atoms with E-state index >= 15 is 0 Å². The molecule has 3 aromatic rings. The maximum absolute atomic E-state index is 12.3. The first kappa shape index (κ1) is 16.8. The van der Waals surface area contributed by atoms with Crippen molar-refractivity contribution in [2.24, 2.45) is 5.92 Å². The normalized spacial score (nSPS) is 14.3. The fourth-order valence-electron chi connectivity index (χ4n) is 3.17. The lowest BCUT2D eigenvalue weighted by atomic mass is 10.00. The van der Waals surface area contributed by atoms with Crippen LogP contribution in [-0.2, 0) is 11.2 Å². The quantitative estimate of drug-likeness (QED) is 0.727. The van der Waals surface area contributed by atoms with E-state index in [0.29, 0.717) is 6.54 Å². The number of fused-ring (bicyclic) bond motifs is 1. The summed E-state index contributed by atoms with van der Waals surface area (Å²) in [5, 5.41) is 4.05. The standard InChI is InChI=1S/C20H21N3O2S/c1-25-17-8-4-2-6-14(17)10-11-21-19(24)15-12-23(13-15)20-22-16-7-3-5-9-18(16)26-20/h2-9,15H,10-13H2,1H3,(H,21,24). The maximum Gasteiger partial charge on any atom is 0.226 e. The Hall–Kier alpha value is -2.60. The fourth-order valence-corrected chi connectivity index (χ4v) is 4.15. The minimum absolute atomic E-state index is 0.0414. The van der Waals surface area contributed by atoms with Gasteiger partial charge in [-0.25, -0.2) is 4.98 Å². The van der Waals surface area contributed by atoms with Gasteiger partial charge in [0.25, 0.3) is 0 Å². The number of hydrogen-bond acceptors (Lipinski definition) is 5. The molecule has 134 valence electrons. The molecule has 5 nitrogen and oxygen atoms in total. The van der Waals surface area contributed by atoms with Gasteiger partial charge in [-0.15, -0.1) is 0 Å². The minimum Gasteiger partial charge on any atom is -0.496 e. The highest BCUT2D eigenvalue weighted by molar-refractivity contribution is 7.22. The summed E-state index contributed by atoms with van der Waals surface area (Å²) in [6.07, 6.45) is 0.768. The molecule has 2 heterocycles. The van der Waals surface area contributed by atoms with Crippen molar-refractivity contribution in [3.8, 4) is 5.75 Å². The highest BCUT2D eigenvalue weighted by Gasteiger charge is 2.34. The van der Waals surface area contributed by atoms with Gasteiger partial charge in [-0.3, -0.25) is 4.79 Å². The summed E-state index contributed by atoms with van der Waals surface area (Å²) in [5.74, 6) is 1.03. The predicted octanol–water partition coefficient (Wildman–Crippen LogP) is 3.10. The zero-order valence-corrected chi connectivity index (χ0v) is 15.5. The second-order valence-corrected chi connectivity index (χ2v) is 7.43. The summed E-state index contributed by atoms with van der Waals surface area (Å²) in [6, 6.07) is 16.0. The molecular formula is C20H21N3O2S. The molecule has 26 heavy (non-hydrogen) atoms. The van der Waals surface area contributed by atoms with Gasteiger partial charge in [0, 0.05) is 19.6 Å². The SMILES string of the molecule is COc1ccccc1CCNC(=O)C1CN(c2nc3ccccc3s2)C1. The van der Waals surface area contributed by atoms with Crippen LogP contribution in [0.3, 0.4) is 0 Å². The Labute approximate surface area is 156 Å². The molecule has 6 heteroatoms. The second kappa shape index (κ2) is 7.33. The van der Waals surface area contributed by atoms with Crippen LogP contribution in [0, 0.1) is 5.92 Å². The number of nitrogens with one attached hydrogen (secondary N) is 1. The third-order valence-electron chi connectivity index (χ3n) is 4.69. The summed E-state index contributed by atoms with van der Waals surface area (Å²) in [4.78, 5) is 19.2. The lowest BCUT2D eigenvalue weighted by Crippen LogP contribution is -2.54. The molecule has 1 aliphatic rings. The number of benzene rings is 2. The lowest BCUT2D eigenvalue weighted by molar-refractivity contribution is -0.125. The van der Waals surface area contributed by atoms with E-state index < -0.39 is 0 Å². The molecular weight excluding hydrogens is 346 g/mol. The molecule has 0 aliphatic carbocycles. The number of para-hydroxylation sites is 2. The Morgan fingerprint density at radius 2 is 2.00 bits per heavy atom. The van der Waals surface area contributed by atoms with Gasteiger partial charge in [0.15, 0.2) is 5.13 Å². The third-order valence-corrected chi connectivity index (χ3v) is 5.79. The Kier molecular flexibility index (Phi) is 4.75. The van der Waals surface area contributed by atoms with Crippen LogP contribution >= 0.6 is 11.3 Å². The molecule has 1 amide bonds. The number of nitrogens with zero attached hydrogens (tertiary/aromatic N) is 2. The van der Waals surface area contributed by atoms with Gasteiger partial charge in [0.2, 0.25) is 5.91 Å². The molecule has 1 fully saturated rings. The number of rotatable bonds is 6. The molecule has 1 aliphatic heterocycles. The van der Waals surface area contributed by atoms with Crippen molar-refractivity contribution < 1.29 is 9.53 Å². The first-order valence-electron chi connectivity index (χ1n) is 8.74.